The Labute approximate surface area is 248 Å². The number of hydrogen-bond donors (Lipinski definition) is 6. The van der Waals surface area contributed by atoms with Gasteiger partial charge in [-0.15, -0.1) is 0 Å². The second-order valence-corrected chi connectivity index (χ2v) is 11.5. The van der Waals surface area contributed by atoms with Gasteiger partial charge in [-0.25, -0.2) is 4.98 Å². The van der Waals surface area contributed by atoms with Gasteiger partial charge in [0.2, 0.25) is 11.7 Å². The molecule has 0 saturated carbocycles. The van der Waals surface area contributed by atoms with E-state index in [1.54, 1.807) is 0 Å². The maximum atomic E-state index is 12.2. The molecular weight excluding hydrogens is 542 g/mol. The fourth-order valence-corrected chi connectivity index (χ4v) is 5.62. The average Bonchev–Trinajstić information content (AvgIpc) is 3.41. The average molecular weight is 595 g/mol. The van der Waals surface area contributed by atoms with Gasteiger partial charge in [-0.3, -0.25) is 14.3 Å². The van der Waals surface area contributed by atoms with Crippen LogP contribution in [0.4, 0.5) is 5.95 Å². The van der Waals surface area contributed by atoms with Crippen molar-refractivity contribution in [2.24, 2.45) is 0 Å². The van der Waals surface area contributed by atoms with Crippen molar-refractivity contribution in [1.29, 1.82) is 0 Å². The fraction of sp³-hybridized carbons (Fsp3) is 0.800. The van der Waals surface area contributed by atoms with Gasteiger partial charge in [0, 0.05) is 13.2 Å². The van der Waals surface area contributed by atoms with Crippen LogP contribution in [-0.2, 0) is 15.2 Å². The Kier molecular flexibility index (Phi) is 14.7. The Morgan fingerprint density at radius 2 is 1.55 bits per heavy atom. The molecule has 3 heterocycles. The number of aliphatic hydroxyl groups is 4. The molecule has 239 valence electrons. The summed E-state index contributed by atoms with van der Waals surface area (Å²) in [5.74, 6) is -0.198. The maximum absolute atomic E-state index is 12.2. The van der Waals surface area contributed by atoms with Gasteiger partial charge >= 0.3 is 0 Å². The van der Waals surface area contributed by atoms with Crippen LogP contribution in [0.1, 0.15) is 110 Å². The van der Waals surface area contributed by atoms with Crippen LogP contribution < -0.4 is 11.3 Å². The van der Waals surface area contributed by atoms with Gasteiger partial charge in [0.05, 0.1) is 12.9 Å². The van der Waals surface area contributed by atoms with E-state index in [0.717, 1.165) is 23.7 Å². The Bertz CT molecular complexity index is 1100. The van der Waals surface area contributed by atoms with E-state index in [1.807, 2.05) is 0 Å². The number of aromatic nitrogens is 4. The topological polar surface area (TPSA) is 189 Å². The van der Waals surface area contributed by atoms with Crippen molar-refractivity contribution >= 4 is 17.1 Å². The number of anilines is 1. The van der Waals surface area contributed by atoms with Crippen molar-refractivity contribution in [2.45, 2.75) is 134 Å². The van der Waals surface area contributed by atoms with Crippen LogP contribution in [0.15, 0.2) is 11.1 Å². The van der Waals surface area contributed by atoms with Gasteiger partial charge in [-0.2, -0.15) is 4.98 Å². The van der Waals surface area contributed by atoms with Crippen LogP contribution in [-0.4, -0.2) is 78.1 Å². The summed E-state index contributed by atoms with van der Waals surface area (Å²) in [7, 11) is 0. The number of rotatable bonds is 21. The van der Waals surface area contributed by atoms with Crippen LogP contribution in [0.2, 0.25) is 0 Å². The maximum Gasteiger partial charge on any atom is 0.280 e. The summed E-state index contributed by atoms with van der Waals surface area (Å²) in [6, 6.07) is 0. The molecule has 1 aliphatic heterocycles. The highest BCUT2D eigenvalue weighted by molar-refractivity contribution is 5.71. The third kappa shape index (κ3) is 9.20. The minimum Gasteiger partial charge on any atom is -0.394 e. The number of H-pyrrole nitrogens is 1. The zero-order valence-electron chi connectivity index (χ0n) is 25.2. The molecule has 0 aromatic carbocycles. The van der Waals surface area contributed by atoms with E-state index >= 15 is 0 Å². The Morgan fingerprint density at radius 3 is 2.14 bits per heavy atom. The van der Waals surface area contributed by atoms with Gasteiger partial charge in [-0.05, 0) is 19.3 Å². The lowest BCUT2D eigenvalue weighted by Gasteiger charge is -2.48. The van der Waals surface area contributed by atoms with Gasteiger partial charge in [0.15, 0.2) is 17.3 Å². The number of nitrogens with zero attached hydrogens (tertiary/aromatic N) is 3. The van der Waals surface area contributed by atoms with Crippen LogP contribution in [0.5, 0.6) is 0 Å². The van der Waals surface area contributed by atoms with E-state index in [2.05, 4.69) is 21.9 Å². The highest BCUT2D eigenvalue weighted by Gasteiger charge is 2.57. The third-order valence-electron chi connectivity index (χ3n) is 8.13. The molecule has 0 amide bonds. The van der Waals surface area contributed by atoms with Crippen LogP contribution in [0.25, 0.3) is 11.2 Å². The summed E-state index contributed by atoms with van der Waals surface area (Å²) in [5.41, 5.74) is 2.59. The molecule has 2 aromatic heterocycles. The highest BCUT2D eigenvalue weighted by atomic mass is 16.6. The molecule has 42 heavy (non-hydrogen) atoms. The van der Waals surface area contributed by atoms with Gasteiger partial charge in [0.1, 0.15) is 18.3 Å². The molecule has 3 rings (SSSR count). The summed E-state index contributed by atoms with van der Waals surface area (Å²) in [6.45, 7) is 2.73. The predicted octanol–water partition coefficient (Wildman–Crippen LogP) is 3.27. The van der Waals surface area contributed by atoms with Crippen molar-refractivity contribution in [3.8, 4) is 0 Å². The number of ether oxygens (including phenoxy) is 2. The molecule has 0 aliphatic carbocycles. The zero-order valence-corrected chi connectivity index (χ0v) is 25.2. The van der Waals surface area contributed by atoms with E-state index in [4.69, 9.17) is 15.2 Å². The minimum atomic E-state index is -2.30. The second kappa shape index (κ2) is 17.9. The molecular formula is C30H52N5O7. The van der Waals surface area contributed by atoms with Gasteiger partial charge < -0.3 is 35.6 Å². The van der Waals surface area contributed by atoms with Crippen molar-refractivity contribution in [1.82, 2.24) is 19.5 Å². The van der Waals surface area contributed by atoms with E-state index in [1.165, 1.54) is 77.0 Å². The normalized spacial score (nSPS) is 23.2. The lowest BCUT2D eigenvalue weighted by molar-refractivity contribution is -0.267. The third-order valence-corrected chi connectivity index (χ3v) is 8.13. The van der Waals surface area contributed by atoms with E-state index in [9.17, 15) is 25.2 Å². The smallest absolute Gasteiger partial charge is 0.280 e. The number of aliphatic hydroxyl groups excluding tert-OH is 3. The monoisotopic (exact) mass is 594 g/mol. The summed E-state index contributed by atoms with van der Waals surface area (Å²) < 4.78 is 12.6. The van der Waals surface area contributed by atoms with Crippen LogP contribution in [0.3, 0.4) is 0 Å². The van der Waals surface area contributed by atoms with Crippen molar-refractivity contribution < 1.29 is 29.9 Å². The molecule has 12 heteroatoms. The molecule has 1 radical (unpaired) electrons. The first-order valence-electron chi connectivity index (χ1n) is 15.9. The zero-order chi connectivity index (χ0) is 30.4. The lowest BCUT2D eigenvalue weighted by Crippen LogP contribution is -2.63. The Morgan fingerprint density at radius 1 is 0.976 bits per heavy atom. The lowest BCUT2D eigenvalue weighted by atomic mass is 9.86. The first-order chi connectivity index (χ1) is 20.3. The summed E-state index contributed by atoms with van der Waals surface area (Å²) in [6.07, 6.45) is 15.4. The standard InChI is InChI=1S/C30H52N5O7/c1-2-3-4-5-6-7-8-9-10-11-12-13-14-15-18-41-19-16-17-23-30(40,26(38)25(37)22(20-36)42-23)35-21-32-24-27(35)33-29(31)34-28(24)39/h21-22,25-26,36-38,40H,2-20H2,1H3,(H3,31,33,34,39)/t22-,25+,26+,30+/m1/s1. The van der Waals surface area contributed by atoms with E-state index in [-0.39, 0.29) is 29.6 Å². The number of aromatic amines is 1. The number of fused-ring (bicyclic) bond motifs is 1. The molecule has 0 bridgehead atoms. The number of nitrogens with one attached hydrogen (secondary N) is 1. The minimum absolute atomic E-state index is 0.000559. The SMILES string of the molecule is CCCCCCCCCCCCCCCCOCCC[C]1O[C@H](CO)[C@H](O)[C@H](O)[C@]1(O)n1cnc2c(=O)[nH]c(N)nc21. The summed E-state index contributed by atoms with van der Waals surface area (Å²) in [4.78, 5) is 22.6. The van der Waals surface area contributed by atoms with Crippen molar-refractivity contribution in [3.63, 3.8) is 0 Å². The first-order valence-corrected chi connectivity index (χ1v) is 15.9. The van der Waals surface area contributed by atoms with Gasteiger partial charge in [-0.1, -0.05) is 90.4 Å². The van der Waals surface area contributed by atoms with Gasteiger partial charge in [0.25, 0.3) is 5.56 Å². The molecule has 1 aliphatic rings. The number of nitrogen functional groups attached to an aromatic ring is 1. The van der Waals surface area contributed by atoms with E-state index in [0.29, 0.717) is 19.6 Å². The summed E-state index contributed by atoms with van der Waals surface area (Å²) in [5, 5.41) is 42.8. The largest absolute Gasteiger partial charge is 0.394 e. The number of imidazole rings is 1. The number of hydrogen-bond acceptors (Lipinski definition) is 10. The Balaban J connectivity index is 1.37. The molecule has 4 atom stereocenters. The highest BCUT2D eigenvalue weighted by Crippen LogP contribution is 2.42. The first kappa shape index (κ1) is 34.4. The summed E-state index contributed by atoms with van der Waals surface area (Å²) >= 11 is 0. The van der Waals surface area contributed by atoms with Crippen molar-refractivity contribution in [2.75, 3.05) is 25.6 Å². The molecule has 0 spiro atoms. The Hall–Kier alpha value is -2.09. The van der Waals surface area contributed by atoms with Crippen LogP contribution >= 0.6 is 0 Å². The fourth-order valence-electron chi connectivity index (χ4n) is 5.62. The van der Waals surface area contributed by atoms with E-state index < -0.39 is 36.2 Å². The number of nitrogens with two attached hydrogens (primary N) is 1. The predicted molar refractivity (Wildman–Crippen MR) is 160 cm³/mol. The quantitative estimate of drug-likeness (QED) is 0.117. The number of unbranched alkanes of at least 4 members (excludes halogenated alkanes) is 13. The molecule has 7 N–H and O–H groups in total. The molecule has 1 fully saturated rings. The molecule has 12 nitrogen and oxygen atoms in total. The molecule has 0 unspecified atom stereocenters. The second-order valence-electron chi connectivity index (χ2n) is 11.5. The molecule has 1 saturated heterocycles. The van der Waals surface area contributed by atoms with Crippen molar-refractivity contribution in [3.05, 3.63) is 22.8 Å². The molecule has 2 aromatic rings. The van der Waals surface area contributed by atoms with Crippen LogP contribution in [0, 0.1) is 6.10 Å².